The number of aryl methyl sites for hydroxylation is 1. The molecule has 1 aromatic heterocycles. The van der Waals surface area contributed by atoms with Crippen LogP contribution in [0.15, 0.2) is 46.7 Å². The molecule has 3 rings (SSSR count). The number of carbonyl (C=O) groups is 1. The molecule has 1 amide bonds. The van der Waals surface area contributed by atoms with Gasteiger partial charge in [0.1, 0.15) is 4.21 Å². The van der Waals surface area contributed by atoms with Crippen LogP contribution >= 0.6 is 11.3 Å². The van der Waals surface area contributed by atoms with Crippen molar-refractivity contribution < 1.29 is 13.2 Å². The van der Waals surface area contributed by atoms with Gasteiger partial charge in [-0.3, -0.25) is 4.79 Å². The molecule has 1 aliphatic heterocycles. The van der Waals surface area contributed by atoms with Gasteiger partial charge in [-0.05, 0) is 31.2 Å². The topological polar surface area (TPSA) is 66.5 Å². The van der Waals surface area contributed by atoms with Gasteiger partial charge in [-0.2, -0.15) is 0 Å². The summed E-state index contributed by atoms with van der Waals surface area (Å²) in [5.41, 5.74) is 0.793. The van der Waals surface area contributed by atoms with E-state index in [-0.39, 0.29) is 16.5 Å². The van der Waals surface area contributed by atoms with Crippen molar-refractivity contribution in [3.63, 3.8) is 0 Å². The Kier molecular flexibility index (Phi) is 4.03. The number of carbonyl (C=O) groups excluding carboxylic acids is 1. The molecule has 0 saturated carbocycles. The number of hydrogen-bond donors (Lipinski definition) is 1. The lowest BCUT2D eigenvalue weighted by molar-refractivity contribution is -0.117. The Hall–Kier alpha value is -1.70. The minimum absolute atomic E-state index is 0.0683. The van der Waals surface area contributed by atoms with Crippen LogP contribution in [0.3, 0.4) is 0 Å². The zero-order valence-corrected chi connectivity index (χ0v) is 13.7. The van der Waals surface area contributed by atoms with Crippen LogP contribution in [0.5, 0.6) is 0 Å². The number of nitrogens with zero attached hydrogens (tertiary/aromatic N) is 1. The number of anilines is 1. The van der Waals surface area contributed by atoms with Crippen LogP contribution in [0.4, 0.5) is 5.69 Å². The van der Waals surface area contributed by atoms with E-state index in [1.807, 2.05) is 37.3 Å². The Morgan fingerprint density at radius 2 is 1.91 bits per heavy atom. The van der Waals surface area contributed by atoms with Gasteiger partial charge in [0.05, 0.1) is 0 Å². The van der Waals surface area contributed by atoms with Gasteiger partial charge in [-0.1, -0.05) is 18.2 Å². The zero-order chi connectivity index (χ0) is 15.7. The molecule has 7 heteroatoms. The van der Waals surface area contributed by atoms with Gasteiger partial charge in [0.2, 0.25) is 15.9 Å². The van der Waals surface area contributed by atoms with Crippen molar-refractivity contribution in [3.8, 4) is 0 Å². The predicted octanol–water partition coefficient (Wildman–Crippen LogP) is 2.14. The summed E-state index contributed by atoms with van der Waals surface area (Å²) in [5.74, 6) is -0.0683. The van der Waals surface area contributed by atoms with E-state index in [0.29, 0.717) is 6.54 Å². The number of hydrogen-bond acceptors (Lipinski definition) is 4. The summed E-state index contributed by atoms with van der Waals surface area (Å²) >= 11 is 1.23. The highest BCUT2D eigenvalue weighted by Gasteiger charge is 2.33. The highest BCUT2D eigenvalue weighted by atomic mass is 32.2. The van der Waals surface area contributed by atoms with Gasteiger partial charge in [0.15, 0.2) is 0 Å². The molecular formula is C15H16N2O3S2. The summed E-state index contributed by atoms with van der Waals surface area (Å²) in [4.78, 5) is 14.7. The second kappa shape index (κ2) is 5.83. The fourth-order valence-corrected chi connectivity index (χ4v) is 5.01. The zero-order valence-electron chi connectivity index (χ0n) is 12.0. The summed E-state index contributed by atoms with van der Waals surface area (Å²) in [6.07, 6.45) is 0.179. The van der Waals surface area contributed by atoms with E-state index in [4.69, 9.17) is 0 Å². The van der Waals surface area contributed by atoms with Crippen LogP contribution in [0.1, 0.15) is 11.3 Å². The van der Waals surface area contributed by atoms with Crippen LogP contribution in [-0.4, -0.2) is 26.9 Å². The van der Waals surface area contributed by atoms with Crippen LogP contribution in [0, 0.1) is 6.92 Å². The highest BCUT2D eigenvalue weighted by Crippen LogP contribution is 2.24. The average molecular weight is 336 g/mol. The van der Waals surface area contributed by atoms with Gasteiger partial charge in [0.25, 0.3) is 0 Å². The van der Waals surface area contributed by atoms with Gasteiger partial charge in [-0.25, -0.2) is 13.1 Å². The maximum absolute atomic E-state index is 12.3. The molecule has 0 bridgehead atoms. The Bertz CT molecular complexity index is 784. The molecule has 5 nitrogen and oxygen atoms in total. The van der Waals surface area contributed by atoms with Gasteiger partial charge in [-0.15, -0.1) is 11.3 Å². The van der Waals surface area contributed by atoms with Crippen LogP contribution in [-0.2, 0) is 14.8 Å². The molecule has 1 N–H and O–H groups in total. The van der Waals surface area contributed by atoms with Crippen molar-refractivity contribution in [2.24, 2.45) is 0 Å². The van der Waals surface area contributed by atoms with Gasteiger partial charge < -0.3 is 4.90 Å². The quantitative estimate of drug-likeness (QED) is 0.930. The van der Waals surface area contributed by atoms with Crippen molar-refractivity contribution in [2.75, 3.05) is 11.4 Å². The summed E-state index contributed by atoms with van der Waals surface area (Å²) < 4.78 is 27.6. The maximum atomic E-state index is 12.3. The third-order valence-corrected chi connectivity index (χ3v) is 6.51. The summed E-state index contributed by atoms with van der Waals surface area (Å²) in [6, 6.07) is 12.2. The van der Waals surface area contributed by atoms with Crippen LogP contribution in [0.25, 0.3) is 0 Å². The Morgan fingerprint density at radius 3 is 2.55 bits per heavy atom. The van der Waals surface area contributed by atoms with E-state index in [1.54, 1.807) is 17.0 Å². The molecule has 0 aliphatic carbocycles. The lowest BCUT2D eigenvalue weighted by Gasteiger charge is -2.17. The van der Waals surface area contributed by atoms with E-state index >= 15 is 0 Å². The molecule has 2 heterocycles. The highest BCUT2D eigenvalue weighted by molar-refractivity contribution is 7.91. The lowest BCUT2D eigenvalue weighted by Crippen LogP contribution is -2.36. The summed E-state index contributed by atoms with van der Waals surface area (Å²) in [7, 11) is -3.56. The number of nitrogens with one attached hydrogen (secondary N) is 1. The molecule has 1 saturated heterocycles. The normalized spacial score (nSPS) is 18.9. The number of para-hydroxylation sites is 1. The molecule has 1 atom stereocenters. The maximum Gasteiger partial charge on any atom is 0.250 e. The predicted molar refractivity (Wildman–Crippen MR) is 86.6 cm³/mol. The number of sulfonamides is 1. The largest absolute Gasteiger partial charge is 0.311 e. The third kappa shape index (κ3) is 3.06. The molecule has 22 heavy (non-hydrogen) atoms. The first-order chi connectivity index (χ1) is 10.5. The second-order valence-electron chi connectivity index (χ2n) is 5.23. The van der Waals surface area contributed by atoms with Crippen molar-refractivity contribution in [1.29, 1.82) is 0 Å². The minimum atomic E-state index is -3.56. The molecule has 1 aliphatic rings. The first kappa shape index (κ1) is 15.2. The SMILES string of the molecule is Cc1ccc(S(=O)(=O)NC2CC(=O)N(c3ccccc3)C2)s1. The van der Waals surface area contributed by atoms with Crippen molar-refractivity contribution in [1.82, 2.24) is 4.72 Å². The third-order valence-electron chi connectivity index (χ3n) is 3.50. The van der Waals surface area contributed by atoms with E-state index in [0.717, 1.165) is 10.6 Å². The lowest BCUT2D eigenvalue weighted by atomic mass is 10.3. The van der Waals surface area contributed by atoms with E-state index in [2.05, 4.69) is 4.72 Å². The molecule has 0 radical (unpaired) electrons. The smallest absolute Gasteiger partial charge is 0.250 e. The summed E-state index contributed by atoms with van der Waals surface area (Å²) in [6.45, 7) is 2.21. The standard InChI is InChI=1S/C15H16N2O3S2/c1-11-7-8-15(21-11)22(19,20)16-12-9-14(18)17(10-12)13-5-3-2-4-6-13/h2-8,12,16H,9-10H2,1H3. The van der Waals surface area contributed by atoms with Crippen molar-refractivity contribution in [3.05, 3.63) is 47.3 Å². The Morgan fingerprint density at radius 1 is 1.18 bits per heavy atom. The van der Waals surface area contributed by atoms with E-state index < -0.39 is 16.1 Å². The minimum Gasteiger partial charge on any atom is -0.311 e. The summed E-state index contributed by atoms with van der Waals surface area (Å²) in [5, 5.41) is 0. The first-order valence-electron chi connectivity index (χ1n) is 6.90. The second-order valence-corrected chi connectivity index (χ2v) is 8.46. The van der Waals surface area contributed by atoms with Gasteiger partial charge >= 0.3 is 0 Å². The Labute approximate surface area is 133 Å². The van der Waals surface area contributed by atoms with Crippen LogP contribution < -0.4 is 9.62 Å². The Balaban J connectivity index is 1.74. The number of amides is 1. The monoisotopic (exact) mass is 336 g/mol. The average Bonchev–Trinajstić information content (AvgIpc) is 3.06. The number of thiophene rings is 1. The van der Waals surface area contributed by atoms with Crippen molar-refractivity contribution in [2.45, 2.75) is 23.6 Å². The number of rotatable bonds is 4. The first-order valence-corrected chi connectivity index (χ1v) is 9.20. The van der Waals surface area contributed by atoms with Crippen LogP contribution in [0.2, 0.25) is 0 Å². The molecule has 1 aromatic carbocycles. The molecule has 1 unspecified atom stereocenters. The number of benzene rings is 1. The fraction of sp³-hybridized carbons (Fsp3) is 0.267. The van der Waals surface area contributed by atoms with Crippen molar-refractivity contribution >= 4 is 33.0 Å². The van der Waals surface area contributed by atoms with Gasteiger partial charge in [0, 0.05) is 29.6 Å². The van der Waals surface area contributed by atoms with E-state index in [9.17, 15) is 13.2 Å². The molecule has 2 aromatic rings. The molecular weight excluding hydrogens is 320 g/mol. The fourth-order valence-electron chi connectivity index (χ4n) is 2.48. The molecule has 116 valence electrons. The molecule has 1 fully saturated rings. The van der Waals surface area contributed by atoms with E-state index in [1.165, 1.54) is 11.3 Å². The molecule has 0 spiro atoms.